The molecule has 14 heavy (non-hydrogen) atoms. The lowest BCUT2D eigenvalue weighted by atomic mass is 9.99. The standard InChI is InChI=1S/C10H19NO3/c1-3-4-8(9(12)13)11-10(2)5-6-14-7-10/h8,11H,3-7H2,1-2H3,(H,12,13). The van der Waals surface area contributed by atoms with Crippen molar-refractivity contribution in [1.29, 1.82) is 0 Å². The molecule has 4 heteroatoms. The first-order valence-electron chi connectivity index (χ1n) is 5.15. The predicted octanol–water partition coefficient (Wildman–Crippen LogP) is 1.01. The maximum atomic E-state index is 10.9. The van der Waals surface area contributed by atoms with Crippen LogP contribution >= 0.6 is 0 Å². The molecule has 1 rings (SSSR count). The van der Waals surface area contributed by atoms with E-state index in [1.54, 1.807) is 0 Å². The number of carbonyl (C=O) groups is 1. The van der Waals surface area contributed by atoms with Crippen LogP contribution in [-0.2, 0) is 9.53 Å². The Bertz CT molecular complexity index is 200. The maximum Gasteiger partial charge on any atom is 0.320 e. The van der Waals surface area contributed by atoms with E-state index in [-0.39, 0.29) is 5.54 Å². The van der Waals surface area contributed by atoms with E-state index in [9.17, 15) is 4.79 Å². The molecule has 1 saturated heterocycles. The van der Waals surface area contributed by atoms with Gasteiger partial charge in [0.15, 0.2) is 0 Å². The number of aliphatic carboxylic acids is 1. The van der Waals surface area contributed by atoms with Crippen LogP contribution in [0.3, 0.4) is 0 Å². The molecule has 2 atom stereocenters. The Morgan fingerprint density at radius 3 is 2.86 bits per heavy atom. The minimum absolute atomic E-state index is 0.155. The van der Waals surface area contributed by atoms with E-state index in [0.717, 1.165) is 19.4 Å². The first-order valence-corrected chi connectivity index (χ1v) is 5.15. The highest BCUT2D eigenvalue weighted by Gasteiger charge is 2.33. The van der Waals surface area contributed by atoms with Gasteiger partial charge in [0.2, 0.25) is 0 Å². The van der Waals surface area contributed by atoms with E-state index < -0.39 is 12.0 Å². The van der Waals surface area contributed by atoms with Crippen molar-refractivity contribution in [2.45, 2.75) is 44.7 Å². The van der Waals surface area contributed by atoms with Gasteiger partial charge in [-0.2, -0.15) is 0 Å². The highest BCUT2D eigenvalue weighted by Crippen LogP contribution is 2.19. The van der Waals surface area contributed by atoms with Crippen LogP contribution in [0.5, 0.6) is 0 Å². The molecule has 2 unspecified atom stereocenters. The van der Waals surface area contributed by atoms with Gasteiger partial charge in [0, 0.05) is 12.1 Å². The normalized spacial score (nSPS) is 29.0. The topological polar surface area (TPSA) is 58.6 Å². The minimum atomic E-state index is -0.764. The van der Waals surface area contributed by atoms with Crippen molar-refractivity contribution in [3.8, 4) is 0 Å². The third-order valence-corrected chi connectivity index (χ3v) is 2.62. The zero-order valence-electron chi connectivity index (χ0n) is 8.88. The highest BCUT2D eigenvalue weighted by molar-refractivity contribution is 5.73. The van der Waals surface area contributed by atoms with Crippen LogP contribution in [0.25, 0.3) is 0 Å². The molecule has 0 amide bonds. The van der Waals surface area contributed by atoms with Crippen molar-refractivity contribution in [3.63, 3.8) is 0 Å². The number of hydrogen-bond donors (Lipinski definition) is 2. The molecule has 0 saturated carbocycles. The molecule has 4 nitrogen and oxygen atoms in total. The Balaban J connectivity index is 2.49. The molecule has 0 bridgehead atoms. The SMILES string of the molecule is CCCC(NC1(C)CCOC1)C(=O)O. The summed E-state index contributed by atoms with van der Waals surface area (Å²) in [5.41, 5.74) is -0.155. The van der Waals surface area contributed by atoms with Gasteiger partial charge in [-0.15, -0.1) is 0 Å². The molecule has 82 valence electrons. The summed E-state index contributed by atoms with van der Waals surface area (Å²) in [7, 11) is 0. The molecule has 0 aromatic carbocycles. The average Bonchev–Trinajstić information content (AvgIpc) is 2.51. The lowest BCUT2D eigenvalue weighted by molar-refractivity contribution is -0.140. The molecule has 0 aromatic rings. The fourth-order valence-corrected chi connectivity index (χ4v) is 1.75. The van der Waals surface area contributed by atoms with Gasteiger partial charge >= 0.3 is 5.97 Å². The zero-order valence-corrected chi connectivity index (χ0v) is 8.88. The van der Waals surface area contributed by atoms with E-state index in [2.05, 4.69) is 5.32 Å². The number of nitrogens with one attached hydrogen (secondary N) is 1. The summed E-state index contributed by atoms with van der Waals surface area (Å²) in [6.07, 6.45) is 2.44. The second-order valence-electron chi connectivity index (χ2n) is 4.19. The zero-order chi connectivity index (χ0) is 10.6. The third kappa shape index (κ3) is 2.96. The van der Waals surface area contributed by atoms with E-state index in [4.69, 9.17) is 9.84 Å². The van der Waals surface area contributed by atoms with Crippen molar-refractivity contribution in [2.75, 3.05) is 13.2 Å². The van der Waals surface area contributed by atoms with E-state index >= 15 is 0 Å². The number of hydrogen-bond acceptors (Lipinski definition) is 3. The average molecular weight is 201 g/mol. The lowest BCUT2D eigenvalue weighted by Crippen LogP contribution is -2.51. The van der Waals surface area contributed by atoms with Crippen molar-refractivity contribution >= 4 is 5.97 Å². The summed E-state index contributed by atoms with van der Waals surface area (Å²) < 4.78 is 5.26. The van der Waals surface area contributed by atoms with E-state index in [0.29, 0.717) is 13.0 Å². The summed E-state index contributed by atoms with van der Waals surface area (Å²) in [5, 5.41) is 12.1. The molecule has 1 fully saturated rings. The second kappa shape index (κ2) is 4.75. The molecule has 0 aliphatic carbocycles. The fraction of sp³-hybridized carbons (Fsp3) is 0.900. The van der Waals surface area contributed by atoms with Crippen LogP contribution in [-0.4, -0.2) is 35.9 Å². The van der Waals surface area contributed by atoms with Gasteiger partial charge in [-0.1, -0.05) is 13.3 Å². The molecule has 0 spiro atoms. The van der Waals surface area contributed by atoms with Crippen LogP contribution in [0, 0.1) is 0 Å². The minimum Gasteiger partial charge on any atom is -0.480 e. The number of rotatable bonds is 5. The molecule has 0 radical (unpaired) electrons. The fourth-order valence-electron chi connectivity index (χ4n) is 1.75. The van der Waals surface area contributed by atoms with Crippen LogP contribution in [0.4, 0.5) is 0 Å². The quantitative estimate of drug-likeness (QED) is 0.697. The first-order chi connectivity index (χ1) is 6.57. The maximum absolute atomic E-state index is 10.9. The van der Waals surface area contributed by atoms with Gasteiger partial charge in [-0.05, 0) is 19.8 Å². The van der Waals surface area contributed by atoms with Crippen LogP contribution < -0.4 is 5.32 Å². The highest BCUT2D eigenvalue weighted by atomic mass is 16.5. The molecular formula is C10H19NO3. The van der Waals surface area contributed by atoms with E-state index in [1.165, 1.54) is 0 Å². The first kappa shape index (κ1) is 11.5. The summed E-state index contributed by atoms with van der Waals surface area (Å²) >= 11 is 0. The van der Waals surface area contributed by atoms with Crippen molar-refractivity contribution < 1.29 is 14.6 Å². The summed E-state index contributed by atoms with van der Waals surface area (Å²) in [4.78, 5) is 10.9. The van der Waals surface area contributed by atoms with Gasteiger partial charge < -0.3 is 9.84 Å². The molecule has 1 aliphatic heterocycles. The Labute approximate surface area is 84.6 Å². The summed E-state index contributed by atoms with van der Waals surface area (Å²) in [6, 6.07) is -0.438. The smallest absolute Gasteiger partial charge is 0.320 e. The third-order valence-electron chi connectivity index (χ3n) is 2.62. The molecule has 1 aliphatic rings. The Hall–Kier alpha value is -0.610. The van der Waals surface area contributed by atoms with Crippen molar-refractivity contribution in [3.05, 3.63) is 0 Å². The summed E-state index contributed by atoms with van der Waals surface area (Å²) in [6.45, 7) is 5.35. The van der Waals surface area contributed by atoms with Crippen LogP contribution in [0.1, 0.15) is 33.1 Å². The molecular weight excluding hydrogens is 182 g/mol. The number of carboxylic acids is 1. The molecule has 1 heterocycles. The van der Waals surface area contributed by atoms with E-state index in [1.807, 2.05) is 13.8 Å². The largest absolute Gasteiger partial charge is 0.480 e. The molecule has 2 N–H and O–H groups in total. The number of ether oxygens (including phenoxy) is 1. The number of carboxylic acid groups (broad SMARTS) is 1. The van der Waals surface area contributed by atoms with Gasteiger partial charge in [-0.3, -0.25) is 10.1 Å². The Morgan fingerprint density at radius 1 is 1.71 bits per heavy atom. The Kier molecular flexibility index (Phi) is 3.89. The van der Waals surface area contributed by atoms with Gasteiger partial charge in [0.25, 0.3) is 0 Å². The van der Waals surface area contributed by atoms with Gasteiger partial charge in [0.1, 0.15) is 6.04 Å². The Morgan fingerprint density at radius 2 is 2.43 bits per heavy atom. The van der Waals surface area contributed by atoms with Crippen LogP contribution in [0.15, 0.2) is 0 Å². The van der Waals surface area contributed by atoms with Gasteiger partial charge in [-0.25, -0.2) is 0 Å². The van der Waals surface area contributed by atoms with Crippen LogP contribution in [0.2, 0.25) is 0 Å². The van der Waals surface area contributed by atoms with Crippen molar-refractivity contribution in [1.82, 2.24) is 5.32 Å². The van der Waals surface area contributed by atoms with Crippen molar-refractivity contribution in [2.24, 2.45) is 0 Å². The lowest BCUT2D eigenvalue weighted by Gasteiger charge is -2.27. The van der Waals surface area contributed by atoms with Gasteiger partial charge in [0.05, 0.1) is 6.61 Å². The molecule has 0 aromatic heterocycles. The monoisotopic (exact) mass is 201 g/mol. The summed E-state index contributed by atoms with van der Waals surface area (Å²) in [5.74, 6) is -0.764. The second-order valence-corrected chi connectivity index (χ2v) is 4.19. The predicted molar refractivity (Wildman–Crippen MR) is 53.3 cm³/mol.